The fourth-order valence-corrected chi connectivity index (χ4v) is 5.54. The average molecular weight is 322 g/mol. The molecule has 0 bridgehead atoms. The van der Waals surface area contributed by atoms with Crippen LogP contribution >= 0.6 is 0 Å². The second-order valence-electron chi connectivity index (χ2n) is 7.86. The first-order valence-electron chi connectivity index (χ1n) is 9.05. The van der Waals surface area contributed by atoms with Crippen molar-refractivity contribution >= 4 is 0 Å². The number of aliphatic hydroxyl groups is 1. The lowest BCUT2D eigenvalue weighted by atomic mass is 9.53. The van der Waals surface area contributed by atoms with Crippen LogP contribution in [0.25, 0.3) is 0 Å². The molecule has 3 aliphatic rings. The van der Waals surface area contributed by atoms with Gasteiger partial charge in [-0.3, -0.25) is 0 Å². The van der Waals surface area contributed by atoms with Gasteiger partial charge in [-0.2, -0.15) is 0 Å². The van der Waals surface area contributed by atoms with E-state index in [4.69, 9.17) is 4.74 Å². The van der Waals surface area contributed by atoms with Gasteiger partial charge in [0.2, 0.25) is 0 Å². The summed E-state index contributed by atoms with van der Waals surface area (Å²) in [4.78, 5) is 0. The number of aryl methyl sites for hydroxylation is 1. The van der Waals surface area contributed by atoms with Crippen molar-refractivity contribution in [1.82, 2.24) is 0 Å². The molecular weight excluding hydrogens is 296 g/mol. The zero-order chi connectivity index (χ0) is 16.9. The maximum Gasteiger partial charge on any atom is 0.149 e. The summed E-state index contributed by atoms with van der Waals surface area (Å²) >= 11 is 0. The van der Waals surface area contributed by atoms with E-state index < -0.39 is 5.60 Å². The van der Waals surface area contributed by atoms with Crippen molar-refractivity contribution in [3.8, 4) is 17.6 Å². The van der Waals surface area contributed by atoms with Crippen molar-refractivity contribution in [3.63, 3.8) is 0 Å². The molecule has 3 unspecified atom stereocenters. The van der Waals surface area contributed by atoms with E-state index >= 15 is 0 Å². The van der Waals surface area contributed by atoms with Gasteiger partial charge < -0.3 is 9.84 Å². The molecule has 0 aliphatic heterocycles. The van der Waals surface area contributed by atoms with Crippen LogP contribution in [0.5, 0.6) is 5.75 Å². The number of benzene rings is 1. The van der Waals surface area contributed by atoms with Gasteiger partial charge >= 0.3 is 0 Å². The first kappa shape index (κ1) is 15.8. The van der Waals surface area contributed by atoms with Crippen molar-refractivity contribution in [3.05, 3.63) is 41.5 Å². The minimum absolute atomic E-state index is 0.152. The number of methoxy groups -OCH3 is 1. The molecule has 0 heterocycles. The van der Waals surface area contributed by atoms with Gasteiger partial charge in [-0.25, -0.2) is 0 Å². The molecule has 1 aromatic carbocycles. The summed E-state index contributed by atoms with van der Waals surface area (Å²) in [5.74, 6) is 8.61. The Morgan fingerprint density at radius 2 is 2.12 bits per heavy atom. The third-order valence-electron chi connectivity index (χ3n) is 6.92. The average Bonchev–Trinajstić information content (AvgIpc) is 2.86. The van der Waals surface area contributed by atoms with E-state index in [1.54, 1.807) is 7.11 Å². The Balaban J connectivity index is 1.70. The van der Waals surface area contributed by atoms with Gasteiger partial charge in [0, 0.05) is 5.41 Å². The standard InChI is InChI=1S/C22H26O2/c1-4-11-22(23)13-10-20-19-7-5-15-14-16(24-3)6-8-17(15)18(19)9-12-21(20,22)2/h6,8,10,13-14,18-20,23H,5,7,9,12H2,1-3H3/t18?,19?,20?,21-,22-/m0/s1. The van der Waals surface area contributed by atoms with Crippen LogP contribution in [-0.2, 0) is 6.42 Å². The smallest absolute Gasteiger partial charge is 0.149 e. The Bertz CT molecular complexity index is 753. The number of fused-ring (bicyclic) bond motifs is 5. The summed E-state index contributed by atoms with van der Waals surface area (Å²) in [6.45, 7) is 4.06. The fraction of sp³-hybridized carbons (Fsp3) is 0.545. The lowest BCUT2D eigenvalue weighted by Gasteiger charge is -2.52. The van der Waals surface area contributed by atoms with E-state index in [-0.39, 0.29) is 5.41 Å². The van der Waals surface area contributed by atoms with Crippen molar-refractivity contribution in [2.75, 3.05) is 7.11 Å². The quantitative estimate of drug-likeness (QED) is 0.623. The third-order valence-corrected chi connectivity index (χ3v) is 6.92. The zero-order valence-electron chi connectivity index (χ0n) is 14.8. The Labute approximate surface area is 144 Å². The van der Waals surface area contributed by atoms with Crippen molar-refractivity contribution in [2.45, 2.75) is 51.0 Å². The number of ether oxygens (including phenoxy) is 1. The van der Waals surface area contributed by atoms with E-state index in [0.29, 0.717) is 17.8 Å². The van der Waals surface area contributed by atoms with Crippen LogP contribution in [0.4, 0.5) is 0 Å². The predicted octanol–water partition coefficient (Wildman–Crippen LogP) is 4.08. The highest BCUT2D eigenvalue weighted by Crippen LogP contribution is 2.61. The molecule has 0 aromatic heterocycles. The predicted molar refractivity (Wildman–Crippen MR) is 95.9 cm³/mol. The summed E-state index contributed by atoms with van der Waals surface area (Å²) in [5.41, 5.74) is 1.84. The van der Waals surface area contributed by atoms with E-state index in [9.17, 15) is 5.11 Å². The minimum Gasteiger partial charge on any atom is -0.497 e. The number of allylic oxidation sites excluding steroid dienone is 1. The van der Waals surface area contributed by atoms with Crippen LogP contribution < -0.4 is 4.74 Å². The number of hydrogen-bond donors (Lipinski definition) is 1. The van der Waals surface area contributed by atoms with Crippen LogP contribution in [-0.4, -0.2) is 17.8 Å². The van der Waals surface area contributed by atoms with Crippen molar-refractivity contribution in [2.24, 2.45) is 17.3 Å². The van der Waals surface area contributed by atoms with E-state index in [2.05, 4.69) is 43.0 Å². The van der Waals surface area contributed by atoms with Gasteiger partial charge in [-0.15, -0.1) is 5.92 Å². The molecule has 5 atom stereocenters. The molecule has 0 saturated heterocycles. The maximum atomic E-state index is 11.1. The normalized spacial score (nSPS) is 39.2. The molecule has 3 aliphatic carbocycles. The second kappa shape index (κ2) is 5.39. The molecule has 1 saturated carbocycles. The maximum absolute atomic E-state index is 11.1. The van der Waals surface area contributed by atoms with Crippen molar-refractivity contribution in [1.29, 1.82) is 0 Å². The molecule has 1 aromatic rings. The second-order valence-corrected chi connectivity index (χ2v) is 7.86. The summed E-state index contributed by atoms with van der Waals surface area (Å²) in [6, 6.07) is 6.57. The van der Waals surface area contributed by atoms with Gasteiger partial charge in [-0.1, -0.05) is 25.0 Å². The van der Waals surface area contributed by atoms with Gasteiger partial charge in [0.05, 0.1) is 7.11 Å². The molecule has 2 heteroatoms. The lowest BCUT2D eigenvalue weighted by Crippen LogP contribution is -2.50. The summed E-state index contributed by atoms with van der Waals surface area (Å²) in [6.07, 6.45) is 8.67. The van der Waals surface area contributed by atoms with Crippen molar-refractivity contribution < 1.29 is 9.84 Å². The summed E-state index contributed by atoms with van der Waals surface area (Å²) < 4.78 is 5.40. The van der Waals surface area contributed by atoms with Crippen LogP contribution in [0.1, 0.15) is 50.2 Å². The summed E-state index contributed by atoms with van der Waals surface area (Å²) in [7, 11) is 1.73. The SMILES string of the molecule is CC#C[C@]1(O)C=CC2C3CCc4cc(OC)ccc4C3CC[C@@]21C. The zero-order valence-corrected chi connectivity index (χ0v) is 14.8. The molecule has 0 spiro atoms. The highest BCUT2D eigenvalue weighted by Gasteiger charge is 2.58. The first-order valence-corrected chi connectivity index (χ1v) is 9.05. The van der Waals surface area contributed by atoms with E-state index in [0.717, 1.165) is 25.0 Å². The van der Waals surface area contributed by atoms with Crippen LogP contribution in [0.3, 0.4) is 0 Å². The topological polar surface area (TPSA) is 29.5 Å². The van der Waals surface area contributed by atoms with Crippen LogP contribution in [0.15, 0.2) is 30.4 Å². The third kappa shape index (κ3) is 2.01. The molecule has 1 N–H and O–H groups in total. The van der Waals surface area contributed by atoms with E-state index in [1.165, 1.54) is 17.5 Å². The molecule has 24 heavy (non-hydrogen) atoms. The largest absolute Gasteiger partial charge is 0.497 e. The monoisotopic (exact) mass is 322 g/mol. The molecule has 126 valence electrons. The highest BCUT2D eigenvalue weighted by atomic mass is 16.5. The van der Waals surface area contributed by atoms with Gasteiger partial charge in [-0.05, 0) is 79.7 Å². The Kier molecular flexibility index (Phi) is 3.55. The minimum atomic E-state index is -0.961. The van der Waals surface area contributed by atoms with Gasteiger partial charge in [0.25, 0.3) is 0 Å². The first-order chi connectivity index (χ1) is 11.5. The molecular formula is C22H26O2. The lowest BCUT2D eigenvalue weighted by molar-refractivity contribution is -0.0502. The molecule has 0 radical (unpaired) electrons. The Hall–Kier alpha value is -1.72. The van der Waals surface area contributed by atoms with Crippen LogP contribution in [0, 0.1) is 29.1 Å². The fourth-order valence-electron chi connectivity index (χ4n) is 5.54. The molecule has 2 nitrogen and oxygen atoms in total. The summed E-state index contributed by atoms with van der Waals surface area (Å²) in [5, 5.41) is 11.1. The highest BCUT2D eigenvalue weighted by molar-refractivity contribution is 5.43. The number of hydrogen-bond acceptors (Lipinski definition) is 2. The van der Waals surface area contributed by atoms with E-state index in [1.807, 2.05) is 13.0 Å². The molecule has 0 amide bonds. The Morgan fingerprint density at radius 3 is 2.88 bits per heavy atom. The van der Waals surface area contributed by atoms with Crippen LogP contribution in [0.2, 0.25) is 0 Å². The van der Waals surface area contributed by atoms with Gasteiger partial charge in [0.1, 0.15) is 11.4 Å². The molecule has 1 fully saturated rings. The van der Waals surface area contributed by atoms with Gasteiger partial charge in [0.15, 0.2) is 0 Å². The Morgan fingerprint density at radius 1 is 1.29 bits per heavy atom. The number of rotatable bonds is 1. The molecule has 4 rings (SSSR count).